The number of aromatic nitrogens is 2. The van der Waals surface area contributed by atoms with Crippen LogP contribution in [0.25, 0.3) is 10.9 Å². The molecule has 3 N–H and O–H groups in total. The predicted molar refractivity (Wildman–Crippen MR) is 103 cm³/mol. The SMILES string of the molecule is CC(C)c1nc(CCNC(=O)NCCc2c[nH]c3ccc(F)cc23)cs1. The molecule has 0 fully saturated rings. The Morgan fingerprint density at radius 3 is 2.77 bits per heavy atom. The van der Waals surface area contributed by atoms with Crippen molar-refractivity contribution < 1.29 is 9.18 Å². The summed E-state index contributed by atoms with van der Waals surface area (Å²) in [4.78, 5) is 19.6. The molecule has 0 radical (unpaired) electrons. The van der Waals surface area contributed by atoms with E-state index in [2.05, 4.69) is 34.4 Å². The number of carbonyl (C=O) groups excluding carboxylic acids is 1. The average Bonchev–Trinajstić information content (AvgIpc) is 3.22. The highest BCUT2D eigenvalue weighted by Gasteiger charge is 2.08. The molecule has 0 aliphatic carbocycles. The summed E-state index contributed by atoms with van der Waals surface area (Å²) in [5.41, 5.74) is 2.90. The van der Waals surface area contributed by atoms with Gasteiger partial charge in [0.1, 0.15) is 5.82 Å². The van der Waals surface area contributed by atoms with E-state index < -0.39 is 0 Å². The molecule has 0 unspecified atom stereocenters. The number of nitrogens with one attached hydrogen (secondary N) is 3. The zero-order chi connectivity index (χ0) is 18.5. The lowest BCUT2D eigenvalue weighted by molar-refractivity contribution is 0.241. The number of thiazole rings is 1. The lowest BCUT2D eigenvalue weighted by Crippen LogP contribution is -2.37. The summed E-state index contributed by atoms with van der Waals surface area (Å²) in [6, 6.07) is 4.47. The molecule has 0 aliphatic rings. The quantitative estimate of drug-likeness (QED) is 0.586. The van der Waals surface area contributed by atoms with Crippen molar-refractivity contribution in [3.63, 3.8) is 0 Å². The first-order chi connectivity index (χ1) is 12.5. The molecule has 7 heteroatoms. The Morgan fingerprint density at radius 2 is 2.04 bits per heavy atom. The number of amides is 2. The largest absolute Gasteiger partial charge is 0.361 e. The fourth-order valence-electron chi connectivity index (χ4n) is 2.74. The van der Waals surface area contributed by atoms with E-state index in [-0.39, 0.29) is 11.8 Å². The maximum Gasteiger partial charge on any atom is 0.314 e. The minimum atomic E-state index is -0.258. The molecule has 0 saturated heterocycles. The first-order valence-electron chi connectivity index (χ1n) is 8.74. The molecule has 3 aromatic rings. The number of benzene rings is 1. The van der Waals surface area contributed by atoms with E-state index >= 15 is 0 Å². The van der Waals surface area contributed by atoms with Gasteiger partial charge in [-0.25, -0.2) is 14.2 Å². The number of rotatable bonds is 7. The molecule has 26 heavy (non-hydrogen) atoms. The van der Waals surface area contributed by atoms with Crippen molar-refractivity contribution in [3.8, 4) is 0 Å². The molecule has 0 bridgehead atoms. The highest BCUT2D eigenvalue weighted by Crippen LogP contribution is 2.20. The van der Waals surface area contributed by atoms with Crippen molar-refractivity contribution in [3.05, 3.63) is 51.9 Å². The van der Waals surface area contributed by atoms with Crippen LogP contribution in [0.5, 0.6) is 0 Å². The van der Waals surface area contributed by atoms with Crippen LogP contribution in [0.3, 0.4) is 0 Å². The van der Waals surface area contributed by atoms with Crippen LogP contribution in [0.1, 0.15) is 36.0 Å². The second kappa shape index (κ2) is 8.31. The number of fused-ring (bicyclic) bond motifs is 1. The Balaban J connectivity index is 1.40. The van der Waals surface area contributed by atoms with Crippen molar-refractivity contribution in [1.82, 2.24) is 20.6 Å². The minimum Gasteiger partial charge on any atom is -0.361 e. The highest BCUT2D eigenvalue weighted by molar-refractivity contribution is 7.09. The van der Waals surface area contributed by atoms with Gasteiger partial charge in [0.2, 0.25) is 0 Å². The maximum atomic E-state index is 13.4. The zero-order valence-corrected chi connectivity index (χ0v) is 15.8. The Labute approximate surface area is 156 Å². The Kier molecular flexibility index (Phi) is 5.88. The number of H-pyrrole nitrogens is 1. The standard InChI is InChI=1S/C19H23FN4OS/c1-12(2)18-24-15(11-26-18)6-8-22-19(25)21-7-5-13-10-23-17-4-3-14(20)9-16(13)17/h3-4,9-12,23H,5-8H2,1-2H3,(H2,21,22,25). The lowest BCUT2D eigenvalue weighted by Gasteiger charge is -2.07. The zero-order valence-electron chi connectivity index (χ0n) is 14.9. The lowest BCUT2D eigenvalue weighted by atomic mass is 10.1. The van der Waals surface area contributed by atoms with Gasteiger partial charge in [0.15, 0.2) is 0 Å². The highest BCUT2D eigenvalue weighted by atomic mass is 32.1. The van der Waals surface area contributed by atoms with E-state index in [1.54, 1.807) is 17.4 Å². The van der Waals surface area contributed by atoms with Gasteiger partial charge in [-0.3, -0.25) is 0 Å². The van der Waals surface area contributed by atoms with E-state index in [0.29, 0.717) is 25.4 Å². The number of urea groups is 1. The molecule has 2 amide bonds. The Hall–Kier alpha value is -2.41. The third kappa shape index (κ3) is 4.60. The van der Waals surface area contributed by atoms with Gasteiger partial charge < -0.3 is 15.6 Å². The van der Waals surface area contributed by atoms with Crippen molar-refractivity contribution in [2.45, 2.75) is 32.6 Å². The molecule has 0 aliphatic heterocycles. The second-order valence-corrected chi connectivity index (χ2v) is 7.41. The number of carbonyl (C=O) groups is 1. The van der Waals surface area contributed by atoms with Crippen LogP contribution in [0.15, 0.2) is 29.8 Å². The second-order valence-electron chi connectivity index (χ2n) is 6.52. The van der Waals surface area contributed by atoms with Crippen LogP contribution in [-0.2, 0) is 12.8 Å². The molecular formula is C19H23FN4OS. The van der Waals surface area contributed by atoms with Crippen LogP contribution in [-0.4, -0.2) is 29.1 Å². The van der Waals surface area contributed by atoms with Crippen molar-refractivity contribution in [2.24, 2.45) is 0 Å². The fraction of sp³-hybridized carbons (Fsp3) is 0.368. The molecule has 0 spiro atoms. The third-order valence-corrected chi connectivity index (χ3v) is 5.33. The molecule has 138 valence electrons. The van der Waals surface area contributed by atoms with Crippen molar-refractivity contribution >= 4 is 28.3 Å². The van der Waals surface area contributed by atoms with Crippen LogP contribution in [0.2, 0.25) is 0 Å². The summed E-state index contributed by atoms with van der Waals surface area (Å²) in [6.07, 6.45) is 3.22. The van der Waals surface area contributed by atoms with E-state index in [0.717, 1.165) is 33.6 Å². The topological polar surface area (TPSA) is 69.8 Å². The summed E-state index contributed by atoms with van der Waals surface area (Å²) >= 11 is 1.66. The van der Waals surface area contributed by atoms with Gasteiger partial charge in [-0.1, -0.05) is 13.8 Å². The van der Waals surface area contributed by atoms with Crippen LogP contribution in [0.4, 0.5) is 9.18 Å². The molecule has 0 saturated carbocycles. The number of hydrogen-bond donors (Lipinski definition) is 3. The maximum absolute atomic E-state index is 13.4. The third-order valence-electron chi connectivity index (χ3n) is 4.14. The number of hydrogen-bond acceptors (Lipinski definition) is 3. The van der Waals surface area contributed by atoms with Crippen LogP contribution in [0, 0.1) is 5.82 Å². The number of aromatic amines is 1. The van der Waals surface area contributed by atoms with Gasteiger partial charge in [-0.15, -0.1) is 11.3 Å². The number of nitrogens with zero attached hydrogens (tertiary/aromatic N) is 1. The van der Waals surface area contributed by atoms with Crippen LogP contribution >= 0.6 is 11.3 Å². The van der Waals surface area contributed by atoms with E-state index in [1.165, 1.54) is 12.1 Å². The molecule has 3 rings (SSSR count). The predicted octanol–water partition coefficient (Wildman–Crippen LogP) is 3.97. The molecular weight excluding hydrogens is 351 g/mol. The molecule has 2 aromatic heterocycles. The summed E-state index contributed by atoms with van der Waals surface area (Å²) in [5.74, 6) is 0.176. The fourth-order valence-corrected chi connectivity index (χ4v) is 3.61. The van der Waals surface area contributed by atoms with E-state index in [9.17, 15) is 9.18 Å². The average molecular weight is 374 g/mol. The summed E-state index contributed by atoms with van der Waals surface area (Å²) < 4.78 is 13.4. The smallest absolute Gasteiger partial charge is 0.314 e. The molecule has 2 heterocycles. The Morgan fingerprint density at radius 1 is 1.27 bits per heavy atom. The first kappa shape index (κ1) is 18.4. The van der Waals surface area contributed by atoms with Crippen molar-refractivity contribution in [2.75, 3.05) is 13.1 Å². The summed E-state index contributed by atoms with van der Waals surface area (Å²) in [6.45, 7) is 5.28. The van der Waals surface area contributed by atoms with Crippen LogP contribution < -0.4 is 10.6 Å². The summed E-state index contributed by atoms with van der Waals surface area (Å²) in [5, 5.41) is 9.71. The monoisotopic (exact) mass is 374 g/mol. The number of halogens is 1. The normalized spacial score (nSPS) is 11.2. The van der Waals surface area contributed by atoms with Gasteiger partial charge in [-0.2, -0.15) is 0 Å². The minimum absolute atomic E-state index is 0.199. The Bertz CT molecular complexity index is 887. The molecule has 1 aromatic carbocycles. The van der Waals surface area contributed by atoms with Gasteiger partial charge >= 0.3 is 6.03 Å². The van der Waals surface area contributed by atoms with Gasteiger partial charge in [0, 0.05) is 47.9 Å². The van der Waals surface area contributed by atoms with Crippen molar-refractivity contribution in [1.29, 1.82) is 0 Å². The van der Waals surface area contributed by atoms with Gasteiger partial charge in [0.25, 0.3) is 0 Å². The van der Waals surface area contributed by atoms with E-state index in [4.69, 9.17) is 0 Å². The van der Waals surface area contributed by atoms with Gasteiger partial charge in [0.05, 0.1) is 10.7 Å². The summed E-state index contributed by atoms with van der Waals surface area (Å²) in [7, 11) is 0. The molecule has 0 atom stereocenters. The molecule has 5 nitrogen and oxygen atoms in total. The first-order valence-corrected chi connectivity index (χ1v) is 9.62. The van der Waals surface area contributed by atoms with E-state index in [1.807, 2.05) is 11.6 Å². The van der Waals surface area contributed by atoms with Gasteiger partial charge in [-0.05, 0) is 30.2 Å².